The summed E-state index contributed by atoms with van der Waals surface area (Å²) in [5, 5.41) is 0.213. The van der Waals surface area contributed by atoms with E-state index in [1.807, 2.05) is 38.1 Å². The van der Waals surface area contributed by atoms with Gasteiger partial charge in [-0.25, -0.2) is 0 Å². The smallest absolute Gasteiger partial charge is 0.201 e. The molecule has 0 aliphatic carbocycles. The molecule has 7 nitrogen and oxygen atoms in total. The monoisotopic (exact) mass is 815 g/mol. The van der Waals surface area contributed by atoms with Gasteiger partial charge in [0.25, 0.3) is 0 Å². The average Bonchev–Trinajstić information content (AvgIpc) is 3.46. The van der Waals surface area contributed by atoms with Crippen LogP contribution >= 0.6 is 0 Å². The van der Waals surface area contributed by atoms with Crippen LogP contribution in [0.1, 0.15) is 127 Å². The molecule has 2 aliphatic heterocycles. The third kappa shape index (κ3) is 14.6. The summed E-state index contributed by atoms with van der Waals surface area (Å²) in [6.07, 6.45) is 14.4. The predicted molar refractivity (Wildman–Crippen MR) is 238 cm³/mol. The highest BCUT2D eigenvalue weighted by molar-refractivity contribution is 6.77. The summed E-state index contributed by atoms with van der Waals surface area (Å²) in [6.45, 7) is 38.3. The van der Waals surface area contributed by atoms with E-state index in [0.717, 1.165) is 50.0 Å². The Balaban J connectivity index is 1.70. The second-order valence-electron chi connectivity index (χ2n) is 19.6. The van der Waals surface area contributed by atoms with E-state index in [2.05, 4.69) is 113 Å². The van der Waals surface area contributed by atoms with Gasteiger partial charge in [0.2, 0.25) is 8.32 Å². The second-order valence-corrected chi connectivity index (χ2v) is 29.8. The first-order valence-corrected chi connectivity index (χ1v) is 26.7. The van der Waals surface area contributed by atoms with Gasteiger partial charge >= 0.3 is 0 Å². The maximum atomic E-state index is 7.45. The van der Waals surface area contributed by atoms with Gasteiger partial charge in [-0.2, -0.15) is 0 Å². The molecule has 56 heavy (non-hydrogen) atoms. The van der Waals surface area contributed by atoms with Crippen molar-refractivity contribution in [3.63, 3.8) is 0 Å². The molecule has 2 aliphatic rings. The van der Waals surface area contributed by atoms with E-state index in [0.29, 0.717) is 42.2 Å². The van der Waals surface area contributed by atoms with Gasteiger partial charge in [0.15, 0.2) is 14.1 Å². The van der Waals surface area contributed by atoms with Crippen LogP contribution in [0.25, 0.3) is 0 Å². The van der Waals surface area contributed by atoms with Crippen molar-refractivity contribution < 1.29 is 32.5 Å². The van der Waals surface area contributed by atoms with Gasteiger partial charge < -0.3 is 32.5 Å². The second kappa shape index (κ2) is 21.6. The zero-order valence-electron chi connectivity index (χ0n) is 38.2. The summed E-state index contributed by atoms with van der Waals surface area (Å²) in [5.74, 6) is 0.653. The SMILES string of the molecule is C=C(CC(/C=C/C[C@@H](OCc1ccc(OC)cc1)[C@@H]1COC(C)(C)O1)O[Si](C(C)C)(C(C)C)C(C)C)C[C@H](C)C[C@@H]1CC=C[C@@H](CCO[Si](C)(C)C(C)(C)C)O1. The first-order valence-electron chi connectivity index (χ1n) is 21.6. The number of rotatable bonds is 23. The van der Waals surface area contributed by atoms with Crippen LogP contribution in [-0.4, -0.2) is 73.3 Å². The molecule has 0 bridgehead atoms. The maximum Gasteiger partial charge on any atom is 0.201 e. The fraction of sp³-hybridized carbons (Fsp3) is 0.745. The minimum atomic E-state index is -2.18. The molecule has 1 aromatic carbocycles. The number of hydrogen-bond acceptors (Lipinski definition) is 7. The molecule has 0 N–H and O–H groups in total. The van der Waals surface area contributed by atoms with Gasteiger partial charge in [0.05, 0.1) is 44.7 Å². The van der Waals surface area contributed by atoms with Crippen LogP contribution in [0.15, 0.2) is 60.7 Å². The highest BCUT2D eigenvalue weighted by Crippen LogP contribution is 2.44. The van der Waals surface area contributed by atoms with E-state index < -0.39 is 22.4 Å². The van der Waals surface area contributed by atoms with Crippen LogP contribution in [0.5, 0.6) is 5.75 Å². The van der Waals surface area contributed by atoms with E-state index in [9.17, 15) is 0 Å². The van der Waals surface area contributed by atoms with Crippen LogP contribution in [0, 0.1) is 5.92 Å². The Bertz CT molecular complexity index is 1360. The van der Waals surface area contributed by atoms with Crippen molar-refractivity contribution in [1.29, 1.82) is 0 Å². The molecule has 0 amide bonds. The fourth-order valence-electron chi connectivity index (χ4n) is 8.42. The summed E-state index contributed by atoms with van der Waals surface area (Å²) >= 11 is 0. The fourth-order valence-corrected chi connectivity index (χ4v) is 15.0. The number of hydrogen-bond donors (Lipinski definition) is 0. The summed E-state index contributed by atoms with van der Waals surface area (Å²) in [4.78, 5) is 0. The summed E-state index contributed by atoms with van der Waals surface area (Å²) in [6, 6.07) is 8.04. The van der Waals surface area contributed by atoms with Gasteiger partial charge in [-0.1, -0.05) is 118 Å². The zero-order chi connectivity index (χ0) is 41.9. The molecule has 9 heteroatoms. The lowest BCUT2D eigenvalue weighted by Gasteiger charge is -2.44. The number of benzene rings is 1. The van der Waals surface area contributed by atoms with Gasteiger partial charge in [-0.05, 0) is 111 Å². The number of methoxy groups -OCH3 is 1. The van der Waals surface area contributed by atoms with Crippen molar-refractivity contribution in [2.45, 2.75) is 199 Å². The van der Waals surface area contributed by atoms with E-state index in [4.69, 9.17) is 32.5 Å². The first kappa shape index (κ1) is 48.8. The highest BCUT2D eigenvalue weighted by Gasteiger charge is 2.46. The quantitative estimate of drug-likeness (QED) is 0.0805. The minimum Gasteiger partial charge on any atom is -0.497 e. The third-order valence-electron chi connectivity index (χ3n) is 12.4. The zero-order valence-corrected chi connectivity index (χ0v) is 40.2. The van der Waals surface area contributed by atoms with Crippen LogP contribution in [0.4, 0.5) is 0 Å². The summed E-state index contributed by atoms with van der Waals surface area (Å²) in [7, 11) is -2.26. The molecule has 0 saturated carbocycles. The van der Waals surface area contributed by atoms with Crippen LogP contribution in [0.3, 0.4) is 0 Å². The molecule has 2 heterocycles. The molecule has 1 unspecified atom stereocenters. The summed E-state index contributed by atoms with van der Waals surface area (Å²) < 4.78 is 44.8. The van der Waals surface area contributed by atoms with E-state index in [-0.39, 0.29) is 35.6 Å². The Morgan fingerprint density at radius 1 is 0.982 bits per heavy atom. The minimum absolute atomic E-state index is 0.0628. The van der Waals surface area contributed by atoms with Crippen molar-refractivity contribution in [3.05, 3.63) is 66.3 Å². The van der Waals surface area contributed by atoms with E-state index in [1.54, 1.807) is 7.11 Å². The van der Waals surface area contributed by atoms with Crippen molar-refractivity contribution in [1.82, 2.24) is 0 Å². The van der Waals surface area contributed by atoms with Crippen LogP contribution in [0.2, 0.25) is 34.8 Å². The largest absolute Gasteiger partial charge is 0.497 e. The summed E-state index contributed by atoms with van der Waals surface area (Å²) in [5.41, 5.74) is 3.77. The molecule has 6 atom stereocenters. The molecule has 0 radical (unpaired) electrons. The van der Waals surface area contributed by atoms with Gasteiger partial charge in [-0.15, -0.1) is 0 Å². The molecule has 1 saturated heterocycles. The van der Waals surface area contributed by atoms with Crippen molar-refractivity contribution in [2.75, 3.05) is 20.3 Å². The van der Waals surface area contributed by atoms with Crippen molar-refractivity contribution in [2.24, 2.45) is 5.92 Å². The van der Waals surface area contributed by atoms with Gasteiger partial charge in [0.1, 0.15) is 11.9 Å². The maximum absolute atomic E-state index is 7.45. The first-order chi connectivity index (χ1) is 26.1. The number of ether oxygens (including phenoxy) is 5. The Hall–Kier alpha value is -1.57. The molecule has 1 aromatic rings. The Labute approximate surface area is 345 Å². The van der Waals surface area contributed by atoms with Crippen molar-refractivity contribution >= 4 is 16.6 Å². The normalized spacial score (nSPS) is 22.4. The molecular weight excluding hydrogens is 733 g/mol. The van der Waals surface area contributed by atoms with Gasteiger partial charge in [0, 0.05) is 6.61 Å². The Morgan fingerprint density at radius 3 is 2.18 bits per heavy atom. The van der Waals surface area contributed by atoms with E-state index >= 15 is 0 Å². The molecule has 0 spiro atoms. The molecule has 320 valence electrons. The molecule has 0 aromatic heterocycles. The Morgan fingerprint density at radius 2 is 1.62 bits per heavy atom. The predicted octanol–water partition coefficient (Wildman–Crippen LogP) is 12.7. The average molecular weight is 815 g/mol. The third-order valence-corrected chi connectivity index (χ3v) is 23.1. The lowest BCUT2D eigenvalue weighted by molar-refractivity contribution is -0.157. The topological polar surface area (TPSA) is 64.6 Å². The molecule has 3 rings (SSSR count). The van der Waals surface area contributed by atoms with Crippen LogP contribution in [-0.2, 0) is 34.4 Å². The standard InChI is InChI=1S/C47H82O7Si2/c1-34(2)56(35(3)4,36(5)6)54-43(21-18-22-44(45-33-50-47(12,13)53-45)49-32-39-23-25-40(48-14)26-24-39)31-38(8)29-37(7)30-42-20-17-19-41(52-42)27-28-51-55(15,16)46(9,10)11/h17-19,21,23-26,34-37,41-45H,8,20,22,27-33H2,1-7,9-16H3/b21-18+/t37-,41-,42-,43?,44+,45-/m0/s1. The molecular formula is C47H82O7Si2. The lowest BCUT2D eigenvalue weighted by atomic mass is 9.91. The highest BCUT2D eigenvalue weighted by atomic mass is 28.4. The molecule has 1 fully saturated rings. The van der Waals surface area contributed by atoms with E-state index in [1.165, 1.54) is 5.57 Å². The van der Waals surface area contributed by atoms with Crippen molar-refractivity contribution in [3.8, 4) is 5.75 Å². The van der Waals surface area contributed by atoms with Crippen LogP contribution < -0.4 is 4.74 Å². The lowest BCUT2D eigenvalue weighted by Crippen LogP contribution is -2.50. The Kier molecular flexibility index (Phi) is 18.8. The van der Waals surface area contributed by atoms with Gasteiger partial charge in [-0.3, -0.25) is 0 Å².